The molecule has 6 nitrogen and oxygen atoms in total. The summed E-state index contributed by atoms with van der Waals surface area (Å²) in [4.78, 5) is 16.1. The number of rotatable bonds is 7. The number of nitrogens with one attached hydrogen (secondary N) is 2. The van der Waals surface area contributed by atoms with E-state index < -0.39 is 0 Å². The van der Waals surface area contributed by atoms with Gasteiger partial charge in [0.1, 0.15) is 0 Å². The number of carbonyl (C=O) groups is 1. The molecule has 1 atom stereocenters. The molecule has 1 aromatic heterocycles. The smallest absolute Gasteiger partial charge is 0.315 e. The summed E-state index contributed by atoms with van der Waals surface area (Å²) in [6.07, 6.45) is 6.12. The Balaban J connectivity index is 1.85. The van der Waals surface area contributed by atoms with Gasteiger partial charge in [0.2, 0.25) is 0 Å². The fourth-order valence-electron chi connectivity index (χ4n) is 2.57. The first-order valence-electron chi connectivity index (χ1n) is 8.06. The van der Waals surface area contributed by atoms with E-state index in [1.54, 1.807) is 19.6 Å². The van der Waals surface area contributed by atoms with Crippen molar-refractivity contribution in [2.45, 2.75) is 45.4 Å². The number of methoxy groups -OCH3 is 1. The number of hydrogen-bond donors (Lipinski definition) is 2. The van der Waals surface area contributed by atoms with Crippen LogP contribution in [0.5, 0.6) is 0 Å². The van der Waals surface area contributed by atoms with Gasteiger partial charge in [0.05, 0.1) is 11.9 Å². The van der Waals surface area contributed by atoms with E-state index in [0.29, 0.717) is 6.54 Å². The number of urea groups is 1. The lowest BCUT2D eigenvalue weighted by Gasteiger charge is -2.27. The van der Waals surface area contributed by atoms with E-state index in [9.17, 15) is 4.79 Å². The molecule has 2 amide bonds. The van der Waals surface area contributed by atoms with E-state index in [4.69, 9.17) is 4.74 Å². The molecule has 0 aliphatic rings. The topological polar surface area (TPSA) is 68.2 Å². The number of hydrogen-bond acceptors (Lipinski definition) is 3. The van der Waals surface area contributed by atoms with Crippen molar-refractivity contribution in [1.29, 1.82) is 0 Å². The highest BCUT2D eigenvalue weighted by Gasteiger charge is 2.21. The average molecular weight is 330 g/mol. The van der Waals surface area contributed by atoms with Gasteiger partial charge < -0.3 is 19.9 Å². The third-order valence-corrected chi connectivity index (χ3v) is 3.89. The molecule has 24 heavy (non-hydrogen) atoms. The number of carbonyl (C=O) groups excluding carboxylic acids is 1. The highest BCUT2D eigenvalue weighted by atomic mass is 16.5. The largest absolute Gasteiger partial charge is 0.379 e. The Labute approximate surface area is 143 Å². The third kappa shape index (κ3) is 5.38. The Morgan fingerprint density at radius 1 is 1.42 bits per heavy atom. The monoisotopic (exact) mass is 330 g/mol. The zero-order valence-corrected chi connectivity index (χ0v) is 14.7. The lowest BCUT2D eigenvalue weighted by molar-refractivity contribution is 0.00950. The second kappa shape index (κ2) is 7.97. The molecule has 1 aromatic carbocycles. The molecule has 6 heteroatoms. The molecule has 0 spiro atoms. The van der Waals surface area contributed by atoms with Crippen LogP contribution in [0.25, 0.3) is 5.69 Å². The predicted molar refractivity (Wildman–Crippen MR) is 94.1 cm³/mol. The standard InChI is InChI=1S/C18H26N4O2/c1-14(11-18(2,3)24-4)21-17(23)20-12-15-6-5-7-16(10-15)22-9-8-19-13-22/h5-10,13-14H,11-12H2,1-4H3,(H2,20,21,23)/t14-/m0/s1. The van der Waals surface area contributed by atoms with Gasteiger partial charge in [-0.3, -0.25) is 0 Å². The molecule has 0 aliphatic heterocycles. The lowest BCUT2D eigenvalue weighted by Crippen LogP contribution is -2.43. The minimum atomic E-state index is -0.258. The van der Waals surface area contributed by atoms with Gasteiger partial charge in [0.25, 0.3) is 0 Å². The van der Waals surface area contributed by atoms with Crippen LogP contribution in [0, 0.1) is 0 Å². The summed E-state index contributed by atoms with van der Waals surface area (Å²) in [5.74, 6) is 0. The van der Waals surface area contributed by atoms with Crippen molar-refractivity contribution in [2.24, 2.45) is 0 Å². The van der Waals surface area contributed by atoms with Crippen LogP contribution in [-0.4, -0.2) is 34.3 Å². The number of ether oxygens (including phenoxy) is 1. The second-order valence-corrected chi connectivity index (χ2v) is 6.54. The first-order valence-corrected chi connectivity index (χ1v) is 8.06. The fraction of sp³-hybridized carbons (Fsp3) is 0.444. The molecule has 0 saturated carbocycles. The minimum Gasteiger partial charge on any atom is -0.379 e. The SMILES string of the molecule is COC(C)(C)C[C@H](C)NC(=O)NCc1cccc(-n2ccnc2)c1. The molecule has 0 bridgehead atoms. The van der Waals surface area contributed by atoms with E-state index in [0.717, 1.165) is 17.7 Å². The van der Waals surface area contributed by atoms with Crippen LogP contribution in [0.3, 0.4) is 0 Å². The summed E-state index contributed by atoms with van der Waals surface area (Å²) in [6, 6.07) is 7.82. The molecule has 0 saturated heterocycles. The Hall–Kier alpha value is -2.34. The maximum Gasteiger partial charge on any atom is 0.315 e. The Morgan fingerprint density at radius 3 is 2.88 bits per heavy atom. The van der Waals surface area contributed by atoms with Crippen molar-refractivity contribution in [3.05, 3.63) is 48.5 Å². The summed E-state index contributed by atoms with van der Waals surface area (Å²) >= 11 is 0. The maximum atomic E-state index is 12.0. The molecular weight excluding hydrogens is 304 g/mol. The van der Waals surface area contributed by atoms with Crippen molar-refractivity contribution < 1.29 is 9.53 Å². The van der Waals surface area contributed by atoms with E-state index in [1.165, 1.54) is 0 Å². The van der Waals surface area contributed by atoms with Gasteiger partial charge in [0, 0.05) is 37.8 Å². The summed E-state index contributed by atoms with van der Waals surface area (Å²) in [5.41, 5.74) is 1.79. The average Bonchev–Trinajstić information content (AvgIpc) is 3.07. The van der Waals surface area contributed by atoms with Crippen molar-refractivity contribution in [3.63, 3.8) is 0 Å². The number of imidazole rings is 1. The van der Waals surface area contributed by atoms with Gasteiger partial charge in [-0.15, -0.1) is 0 Å². The number of amides is 2. The van der Waals surface area contributed by atoms with Crippen molar-refractivity contribution in [1.82, 2.24) is 20.2 Å². The van der Waals surface area contributed by atoms with Crippen LogP contribution in [0.2, 0.25) is 0 Å². The molecule has 0 unspecified atom stereocenters. The molecule has 0 fully saturated rings. The maximum absolute atomic E-state index is 12.0. The number of aromatic nitrogens is 2. The molecule has 2 N–H and O–H groups in total. The first kappa shape index (κ1) is 18.0. The van der Waals surface area contributed by atoms with Gasteiger partial charge in [-0.1, -0.05) is 12.1 Å². The van der Waals surface area contributed by atoms with Crippen LogP contribution >= 0.6 is 0 Å². The number of nitrogens with zero attached hydrogens (tertiary/aromatic N) is 2. The van der Waals surface area contributed by atoms with Gasteiger partial charge >= 0.3 is 6.03 Å². The van der Waals surface area contributed by atoms with Crippen molar-refractivity contribution in [2.75, 3.05) is 7.11 Å². The molecule has 0 radical (unpaired) electrons. The van der Waals surface area contributed by atoms with Crippen molar-refractivity contribution in [3.8, 4) is 5.69 Å². The number of benzene rings is 1. The second-order valence-electron chi connectivity index (χ2n) is 6.54. The molecule has 130 valence electrons. The van der Waals surface area contributed by atoms with Gasteiger partial charge in [-0.25, -0.2) is 9.78 Å². The summed E-state index contributed by atoms with van der Waals surface area (Å²) in [5, 5.41) is 5.83. The molecule has 2 aromatic rings. The Bertz CT molecular complexity index is 653. The summed E-state index contributed by atoms with van der Waals surface area (Å²) in [6.45, 7) is 6.45. The quantitative estimate of drug-likeness (QED) is 0.820. The highest BCUT2D eigenvalue weighted by molar-refractivity contribution is 5.74. The Kier molecular flexibility index (Phi) is 5.98. The van der Waals surface area contributed by atoms with E-state index in [-0.39, 0.29) is 17.7 Å². The third-order valence-electron chi connectivity index (χ3n) is 3.89. The first-order chi connectivity index (χ1) is 11.4. The van der Waals surface area contributed by atoms with Gasteiger partial charge in [0.15, 0.2) is 0 Å². The van der Waals surface area contributed by atoms with E-state index >= 15 is 0 Å². The predicted octanol–water partition coefficient (Wildman–Crippen LogP) is 2.88. The minimum absolute atomic E-state index is 0.0252. The molecule has 0 aliphatic carbocycles. The van der Waals surface area contributed by atoms with E-state index in [2.05, 4.69) is 15.6 Å². The zero-order chi connectivity index (χ0) is 17.6. The van der Waals surface area contributed by atoms with Crippen LogP contribution in [0.4, 0.5) is 4.79 Å². The highest BCUT2D eigenvalue weighted by Crippen LogP contribution is 2.15. The molecule has 2 rings (SSSR count). The lowest BCUT2D eigenvalue weighted by atomic mass is 10.00. The molecular formula is C18H26N4O2. The summed E-state index contributed by atoms with van der Waals surface area (Å²) < 4.78 is 7.32. The van der Waals surface area contributed by atoms with Crippen LogP contribution in [0.1, 0.15) is 32.8 Å². The van der Waals surface area contributed by atoms with E-state index in [1.807, 2.05) is 55.8 Å². The van der Waals surface area contributed by atoms with Crippen LogP contribution in [0.15, 0.2) is 43.0 Å². The molecule has 1 heterocycles. The normalized spacial score (nSPS) is 12.7. The van der Waals surface area contributed by atoms with Crippen LogP contribution in [-0.2, 0) is 11.3 Å². The van der Waals surface area contributed by atoms with Crippen molar-refractivity contribution >= 4 is 6.03 Å². The van der Waals surface area contributed by atoms with Gasteiger partial charge in [-0.05, 0) is 44.9 Å². The fourth-order valence-corrected chi connectivity index (χ4v) is 2.57. The Morgan fingerprint density at radius 2 is 2.21 bits per heavy atom. The zero-order valence-electron chi connectivity index (χ0n) is 14.7. The summed E-state index contributed by atoms with van der Waals surface area (Å²) in [7, 11) is 1.68. The van der Waals surface area contributed by atoms with Gasteiger partial charge in [-0.2, -0.15) is 0 Å². The van der Waals surface area contributed by atoms with Crippen LogP contribution < -0.4 is 10.6 Å².